The van der Waals surface area contributed by atoms with Gasteiger partial charge in [0.1, 0.15) is 0 Å². The van der Waals surface area contributed by atoms with E-state index in [0.717, 1.165) is 6.42 Å². The maximum absolute atomic E-state index is 2.33. The Morgan fingerprint density at radius 3 is 2.19 bits per heavy atom. The van der Waals surface area contributed by atoms with Gasteiger partial charge in [-0.05, 0) is 37.0 Å². The van der Waals surface area contributed by atoms with Crippen molar-refractivity contribution in [3.05, 3.63) is 58.7 Å². The molecule has 0 atom stereocenters. The first-order valence-corrected chi connectivity index (χ1v) is 5.96. The summed E-state index contributed by atoms with van der Waals surface area (Å²) in [6, 6.07) is 6.57. The van der Waals surface area contributed by atoms with E-state index < -0.39 is 0 Å². The standard InChI is InChI=1S/C16H20/c1-12-8-7-9-13(2)15(12)16(3,4)14-10-5-6-11-14/h5-10H,11H2,1-4H3. The van der Waals surface area contributed by atoms with Crippen LogP contribution in [0.25, 0.3) is 0 Å². The third-order valence-corrected chi connectivity index (χ3v) is 3.68. The number of hydrogen-bond acceptors (Lipinski definition) is 0. The average Bonchev–Trinajstić information content (AvgIpc) is 2.69. The summed E-state index contributed by atoms with van der Waals surface area (Å²) in [7, 11) is 0. The largest absolute Gasteiger partial charge is 0.0804 e. The zero-order chi connectivity index (χ0) is 11.8. The highest BCUT2D eigenvalue weighted by atomic mass is 14.3. The molecule has 0 saturated carbocycles. The van der Waals surface area contributed by atoms with Crippen LogP contribution in [0.1, 0.15) is 37.0 Å². The first kappa shape index (κ1) is 11.2. The van der Waals surface area contributed by atoms with Crippen molar-refractivity contribution in [1.29, 1.82) is 0 Å². The van der Waals surface area contributed by atoms with Crippen molar-refractivity contribution in [2.45, 2.75) is 39.5 Å². The molecule has 1 aliphatic carbocycles. The Labute approximate surface area is 98.7 Å². The van der Waals surface area contributed by atoms with E-state index in [-0.39, 0.29) is 5.41 Å². The molecule has 0 unspecified atom stereocenters. The molecule has 0 aliphatic heterocycles. The van der Waals surface area contributed by atoms with Crippen molar-refractivity contribution in [1.82, 2.24) is 0 Å². The van der Waals surface area contributed by atoms with E-state index in [9.17, 15) is 0 Å². The lowest BCUT2D eigenvalue weighted by Gasteiger charge is -2.30. The highest BCUT2D eigenvalue weighted by Crippen LogP contribution is 2.38. The van der Waals surface area contributed by atoms with E-state index in [0.29, 0.717) is 0 Å². The van der Waals surface area contributed by atoms with Crippen molar-refractivity contribution in [3.63, 3.8) is 0 Å². The van der Waals surface area contributed by atoms with Crippen LogP contribution in [0.4, 0.5) is 0 Å². The van der Waals surface area contributed by atoms with Gasteiger partial charge in [-0.15, -0.1) is 0 Å². The third kappa shape index (κ3) is 1.73. The van der Waals surface area contributed by atoms with E-state index in [1.165, 1.54) is 22.3 Å². The summed E-state index contributed by atoms with van der Waals surface area (Å²) in [4.78, 5) is 0. The van der Waals surface area contributed by atoms with Gasteiger partial charge in [-0.3, -0.25) is 0 Å². The lowest BCUT2D eigenvalue weighted by molar-refractivity contribution is 0.605. The quantitative estimate of drug-likeness (QED) is 0.678. The first-order valence-electron chi connectivity index (χ1n) is 5.96. The Balaban J connectivity index is 2.50. The Hall–Kier alpha value is -1.30. The van der Waals surface area contributed by atoms with Gasteiger partial charge < -0.3 is 0 Å². The molecule has 2 rings (SSSR count). The van der Waals surface area contributed by atoms with Gasteiger partial charge in [-0.25, -0.2) is 0 Å². The molecular formula is C16H20. The zero-order valence-electron chi connectivity index (χ0n) is 10.7. The van der Waals surface area contributed by atoms with Crippen molar-refractivity contribution in [2.24, 2.45) is 0 Å². The second-order valence-electron chi connectivity index (χ2n) is 5.22. The fourth-order valence-electron chi connectivity index (χ4n) is 2.87. The summed E-state index contributed by atoms with van der Waals surface area (Å²) in [6.07, 6.45) is 7.78. The Morgan fingerprint density at radius 1 is 1.06 bits per heavy atom. The molecule has 0 spiro atoms. The zero-order valence-corrected chi connectivity index (χ0v) is 10.7. The van der Waals surface area contributed by atoms with E-state index in [1.54, 1.807) is 0 Å². The summed E-state index contributed by atoms with van der Waals surface area (Å²) in [5, 5.41) is 0. The molecule has 1 aromatic carbocycles. The fourth-order valence-corrected chi connectivity index (χ4v) is 2.87. The molecule has 0 bridgehead atoms. The minimum atomic E-state index is 0.152. The normalized spacial score (nSPS) is 15.4. The van der Waals surface area contributed by atoms with Crippen molar-refractivity contribution in [2.75, 3.05) is 0 Å². The van der Waals surface area contributed by atoms with E-state index >= 15 is 0 Å². The second-order valence-corrected chi connectivity index (χ2v) is 5.22. The lowest BCUT2D eigenvalue weighted by atomic mass is 9.73. The van der Waals surface area contributed by atoms with E-state index in [1.807, 2.05) is 0 Å². The third-order valence-electron chi connectivity index (χ3n) is 3.68. The predicted molar refractivity (Wildman–Crippen MR) is 70.8 cm³/mol. The maximum atomic E-state index is 2.33. The molecule has 0 nitrogen and oxygen atoms in total. The van der Waals surface area contributed by atoms with E-state index in [2.05, 4.69) is 64.1 Å². The van der Waals surface area contributed by atoms with Gasteiger partial charge in [-0.2, -0.15) is 0 Å². The maximum Gasteiger partial charge on any atom is 0.0116 e. The van der Waals surface area contributed by atoms with Gasteiger partial charge in [0, 0.05) is 5.41 Å². The molecule has 16 heavy (non-hydrogen) atoms. The Bertz CT molecular complexity index is 439. The van der Waals surface area contributed by atoms with Gasteiger partial charge >= 0.3 is 0 Å². The molecule has 0 N–H and O–H groups in total. The molecule has 0 heteroatoms. The van der Waals surface area contributed by atoms with Crippen LogP contribution in [0.2, 0.25) is 0 Å². The summed E-state index contributed by atoms with van der Waals surface area (Å²) in [5.41, 5.74) is 5.96. The minimum absolute atomic E-state index is 0.152. The average molecular weight is 212 g/mol. The molecule has 0 heterocycles. The fraction of sp³-hybridized carbons (Fsp3) is 0.375. The number of rotatable bonds is 2. The van der Waals surface area contributed by atoms with Crippen LogP contribution in [0.5, 0.6) is 0 Å². The Kier molecular flexibility index (Phi) is 2.75. The number of aryl methyl sites for hydroxylation is 2. The van der Waals surface area contributed by atoms with Gasteiger partial charge in [0.15, 0.2) is 0 Å². The smallest absolute Gasteiger partial charge is 0.0116 e. The number of allylic oxidation sites excluding steroid dienone is 4. The van der Waals surface area contributed by atoms with Crippen LogP contribution in [0.15, 0.2) is 42.0 Å². The van der Waals surface area contributed by atoms with Gasteiger partial charge in [0.2, 0.25) is 0 Å². The van der Waals surface area contributed by atoms with Gasteiger partial charge in [0.05, 0.1) is 0 Å². The topological polar surface area (TPSA) is 0 Å². The van der Waals surface area contributed by atoms with Crippen molar-refractivity contribution >= 4 is 0 Å². The van der Waals surface area contributed by atoms with Crippen LogP contribution in [-0.4, -0.2) is 0 Å². The number of hydrogen-bond donors (Lipinski definition) is 0. The molecule has 0 saturated heterocycles. The molecule has 1 aliphatic rings. The lowest BCUT2D eigenvalue weighted by Crippen LogP contribution is -2.22. The van der Waals surface area contributed by atoms with Crippen LogP contribution >= 0.6 is 0 Å². The van der Waals surface area contributed by atoms with Crippen LogP contribution < -0.4 is 0 Å². The summed E-state index contributed by atoms with van der Waals surface area (Å²) in [6.45, 7) is 9.10. The molecular weight excluding hydrogens is 192 g/mol. The summed E-state index contributed by atoms with van der Waals surface area (Å²) in [5.74, 6) is 0. The summed E-state index contributed by atoms with van der Waals surface area (Å²) < 4.78 is 0. The molecule has 0 aromatic heterocycles. The minimum Gasteiger partial charge on any atom is -0.0804 e. The molecule has 0 amide bonds. The second kappa shape index (κ2) is 3.93. The SMILES string of the molecule is Cc1cccc(C)c1C(C)(C)C1=CC=CC1. The van der Waals surface area contributed by atoms with E-state index in [4.69, 9.17) is 0 Å². The van der Waals surface area contributed by atoms with Crippen molar-refractivity contribution in [3.8, 4) is 0 Å². The van der Waals surface area contributed by atoms with Gasteiger partial charge in [-0.1, -0.05) is 55.8 Å². The monoisotopic (exact) mass is 212 g/mol. The van der Waals surface area contributed by atoms with Crippen LogP contribution in [-0.2, 0) is 5.41 Å². The molecule has 0 fully saturated rings. The van der Waals surface area contributed by atoms with Gasteiger partial charge in [0.25, 0.3) is 0 Å². The molecule has 0 radical (unpaired) electrons. The highest BCUT2D eigenvalue weighted by Gasteiger charge is 2.28. The number of benzene rings is 1. The molecule has 1 aromatic rings. The summed E-state index contributed by atoms with van der Waals surface area (Å²) >= 11 is 0. The van der Waals surface area contributed by atoms with Crippen LogP contribution in [0.3, 0.4) is 0 Å². The first-order chi connectivity index (χ1) is 7.53. The molecule has 84 valence electrons. The predicted octanol–water partition coefficient (Wildman–Crippen LogP) is 4.47. The highest BCUT2D eigenvalue weighted by molar-refractivity contribution is 5.47. The van der Waals surface area contributed by atoms with Crippen molar-refractivity contribution < 1.29 is 0 Å². The van der Waals surface area contributed by atoms with Crippen LogP contribution in [0, 0.1) is 13.8 Å². The Morgan fingerprint density at radius 2 is 1.69 bits per heavy atom.